The van der Waals surface area contributed by atoms with Crippen LogP contribution in [-0.4, -0.2) is 79.6 Å². The number of urea groups is 1. The molecule has 2 N–H and O–H groups in total. The molecule has 2 amide bonds. The molecule has 8 nitrogen and oxygen atoms in total. The molecule has 1 aromatic carbocycles. The number of likely N-dealkylation sites (N-methyl/N-ethyl adjacent to an activating group) is 1. The highest BCUT2D eigenvalue weighted by Crippen LogP contribution is 2.18. The molecule has 1 aliphatic heterocycles. The zero-order valence-corrected chi connectivity index (χ0v) is 17.5. The molecule has 1 aromatic heterocycles. The maximum atomic E-state index is 12.5. The second kappa shape index (κ2) is 11.0. The number of aromatic nitrogens is 4. The summed E-state index contributed by atoms with van der Waals surface area (Å²) in [5, 5.41) is 24.0. The van der Waals surface area contributed by atoms with E-state index >= 15 is 0 Å². The van der Waals surface area contributed by atoms with Crippen LogP contribution in [0.3, 0.4) is 0 Å². The average molecular weight is 417 g/mol. The molecule has 1 unspecified atom stereocenters. The number of nitrogens with zero attached hydrogens (tertiary/aromatic N) is 5. The molecule has 2 aromatic rings. The first kappa shape index (κ1) is 21.3. The Hall–Kier alpha value is -2.39. The number of aromatic amines is 1. The summed E-state index contributed by atoms with van der Waals surface area (Å²) in [6.45, 7) is 1.37. The third kappa shape index (κ3) is 6.57. The lowest BCUT2D eigenvalue weighted by Gasteiger charge is -2.21. The number of H-pyrrole nitrogens is 1. The van der Waals surface area contributed by atoms with Gasteiger partial charge in [-0.05, 0) is 34.6 Å². The maximum Gasteiger partial charge on any atom is 0.320 e. The van der Waals surface area contributed by atoms with Crippen LogP contribution in [0.4, 0.5) is 4.79 Å². The predicted octanol–water partition coefficient (Wildman–Crippen LogP) is 2.11. The summed E-state index contributed by atoms with van der Waals surface area (Å²) < 4.78 is 0. The first-order chi connectivity index (χ1) is 14.1. The molecule has 0 aliphatic carbocycles. The van der Waals surface area contributed by atoms with Gasteiger partial charge in [0.25, 0.3) is 0 Å². The van der Waals surface area contributed by atoms with E-state index in [1.807, 2.05) is 54.4 Å². The van der Waals surface area contributed by atoms with E-state index in [9.17, 15) is 9.90 Å². The van der Waals surface area contributed by atoms with Crippen molar-refractivity contribution in [2.24, 2.45) is 0 Å². The largest absolute Gasteiger partial charge is 0.389 e. The number of hydrogen-bond donors (Lipinski definition) is 2. The van der Waals surface area contributed by atoms with E-state index in [1.54, 1.807) is 16.7 Å². The summed E-state index contributed by atoms with van der Waals surface area (Å²) >= 11 is 1.78. The quantitative estimate of drug-likeness (QED) is 0.430. The van der Waals surface area contributed by atoms with Crippen molar-refractivity contribution in [3.63, 3.8) is 0 Å². The van der Waals surface area contributed by atoms with Crippen LogP contribution < -0.4 is 0 Å². The van der Waals surface area contributed by atoms with Gasteiger partial charge in [0.1, 0.15) is 0 Å². The lowest BCUT2D eigenvalue weighted by Crippen LogP contribution is -2.34. The van der Waals surface area contributed by atoms with Crippen molar-refractivity contribution in [2.75, 3.05) is 25.9 Å². The summed E-state index contributed by atoms with van der Waals surface area (Å²) in [7, 11) is 1.82. The molecule has 156 valence electrons. The van der Waals surface area contributed by atoms with Gasteiger partial charge >= 0.3 is 6.03 Å². The van der Waals surface area contributed by atoms with Crippen LogP contribution in [0.25, 0.3) is 0 Å². The predicted molar refractivity (Wildman–Crippen MR) is 113 cm³/mol. The molecule has 0 bridgehead atoms. The van der Waals surface area contributed by atoms with E-state index in [2.05, 4.69) is 20.6 Å². The maximum absolute atomic E-state index is 12.5. The highest BCUT2D eigenvalue weighted by Gasteiger charge is 2.32. The summed E-state index contributed by atoms with van der Waals surface area (Å²) in [6.07, 6.45) is 5.78. The van der Waals surface area contributed by atoms with Crippen LogP contribution in [0, 0.1) is 0 Å². The lowest BCUT2D eigenvalue weighted by atomic mass is 10.1. The van der Waals surface area contributed by atoms with Gasteiger partial charge in [-0.25, -0.2) is 9.89 Å². The number of tetrazole rings is 1. The normalized spacial score (nSPS) is 18.1. The number of unbranched alkanes of at least 4 members (excludes halogenated alkanes) is 1. The van der Waals surface area contributed by atoms with Crippen LogP contribution >= 0.6 is 11.8 Å². The fourth-order valence-corrected chi connectivity index (χ4v) is 4.19. The van der Waals surface area contributed by atoms with Crippen LogP contribution in [-0.2, 0) is 12.2 Å². The van der Waals surface area contributed by atoms with Gasteiger partial charge in [-0.2, -0.15) is 11.8 Å². The Labute approximate surface area is 175 Å². The molecule has 29 heavy (non-hydrogen) atoms. The standard InChI is InChI=1S/C20H28N6O2S/c1-25-14-17(9-10-18(27)13-16-7-3-2-4-8-16)26(20(25)28)11-5-6-12-29-15-19-21-23-24-22-19/h2-4,7-10,17-18,27H,5-6,11-15H2,1H3,(H,21,22,23,24)/b10-9+/t17-,18?/m0/s1. The van der Waals surface area contributed by atoms with Crippen molar-refractivity contribution < 1.29 is 9.90 Å². The SMILES string of the molecule is CN1C[C@H](/C=C/C(O)Cc2ccccc2)N(CCCCSCc2nnn[nH]2)C1=O. The van der Waals surface area contributed by atoms with Crippen molar-refractivity contribution in [2.45, 2.75) is 37.2 Å². The molecule has 0 spiro atoms. The minimum absolute atomic E-state index is 0.00541. The molecular formula is C20H28N6O2S. The first-order valence-corrected chi connectivity index (χ1v) is 11.0. The summed E-state index contributed by atoms with van der Waals surface area (Å²) in [5.41, 5.74) is 1.10. The van der Waals surface area contributed by atoms with Gasteiger partial charge in [-0.3, -0.25) is 0 Å². The molecule has 0 radical (unpaired) electrons. The topological polar surface area (TPSA) is 98.2 Å². The molecule has 9 heteroatoms. The highest BCUT2D eigenvalue weighted by molar-refractivity contribution is 7.98. The van der Waals surface area contributed by atoms with Crippen LogP contribution in [0.2, 0.25) is 0 Å². The Balaban J connectivity index is 1.41. The number of aliphatic hydroxyl groups excluding tert-OH is 1. The van der Waals surface area contributed by atoms with Gasteiger partial charge in [-0.15, -0.1) is 5.10 Å². The van der Waals surface area contributed by atoms with Crippen molar-refractivity contribution in [3.05, 3.63) is 53.9 Å². The van der Waals surface area contributed by atoms with E-state index in [-0.39, 0.29) is 12.1 Å². The van der Waals surface area contributed by atoms with Gasteiger partial charge in [0, 0.05) is 26.6 Å². The number of nitrogens with one attached hydrogen (secondary N) is 1. The monoisotopic (exact) mass is 416 g/mol. The second-order valence-electron chi connectivity index (χ2n) is 7.17. The van der Waals surface area contributed by atoms with Crippen LogP contribution in [0.15, 0.2) is 42.5 Å². The molecule has 1 fully saturated rings. The second-order valence-corrected chi connectivity index (χ2v) is 8.28. The van der Waals surface area contributed by atoms with Crippen LogP contribution in [0.1, 0.15) is 24.2 Å². The Morgan fingerprint density at radius 2 is 2.17 bits per heavy atom. The summed E-state index contributed by atoms with van der Waals surface area (Å²) in [5.74, 6) is 2.54. The van der Waals surface area contributed by atoms with Gasteiger partial charge in [0.05, 0.1) is 17.9 Å². The summed E-state index contributed by atoms with van der Waals surface area (Å²) in [6, 6.07) is 9.98. The fourth-order valence-electron chi connectivity index (χ4n) is 3.32. The molecule has 0 saturated carbocycles. The number of carbonyl (C=O) groups excluding carboxylic acids is 1. The van der Waals surface area contributed by atoms with E-state index in [0.717, 1.165) is 42.3 Å². The number of thioether (sulfide) groups is 1. The Morgan fingerprint density at radius 1 is 1.34 bits per heavy atom. The third-order valence-corrected chi connectivity index (χ3v) is 5.90. The van der Waals surface area contributed by atoms with Crippen molar-refractivity contribution in [3.8, 4) is 0 Å². The fraction of sp³-hybridized carbons (Fsp3) is 0.500. The highest BCUT2D eigenvalue weighted by atomic mass is 32.2. The number of benzene rings is 1. The van der Waals surface area contributed by atoms with Gasteiger partial charge < -0.3 is 14.9 Å². The molecule has 3 rings (SSSR count). The van der Waals surface area contributed by atoms with E-state index < -0.39 is 6.10 Å². The number of hydrogen-bond acceptors (Lipinski definition) is 6. The van der Waals surface area contributed by atoms with Crippen molar-refractivity contribution in [1.82, 2.24) is 30.4 Å². The number of amides is 2. The smallest absolute Gasteiger partial charge is 0.320 e. The van der Waals surface area contributed by atoms with E-state index in [0.29, 0.717) is 13.0 Å². The van der Waals surface area contributed by atoms with E-state index in [4.69, 9.17) is 0 Å². The molecule has 1 saturated heterocycles. The summed E-state index contributed by atoms with van der Waals surface area (Å²) in [4.78, 5) is 16.1. The average Bonchev–Trinajstić information content (AvgIpc) is 3.33. The Bertz CT molecular complexity index is 771. The molecule has 2 atom stereocenters. The van der Waals surface area contributed by atoms with Crippen molar-refractivity contribution in [1.29, 1.82) is 0 Å². The first-order valence-electron chi connectivity index (χ1n) is 9.86. The zero-order valence-electron chi connectivity index (χ0n) is 16.6. The number of aliphatic hydroxyl groups is 1. The lowest BCUT2D eigenvalue weighted by molar-refractivity contribution is 0.193. The van der Waals surface area contributed by atoms with Crippen LogP contribution in [0.5, 0.6) is 0 Å². The minimum atomic E-state index is -0.553. The minimum Gasteiger partial charge on any atom is -0.389 e. The molecule has 1 aliphatic rings. The van der Waals surface area contributed by atoms with Gasteiger partial charge in [-0.1, -0.05) is 42.5 Å². The van der Waals surface area contributed by atoms with E-state index in [1.165, 1.54) is 0 Å². The zero-order chi connectivity index (χ0) is 20.5. The van der Waals surface area contributed by atoms with Gasteiger partial charge in [0.2, 0.25) is 0 Å². The van der Waals surface area contributed by atoms with Crippen molar-refractivity contribution >= 4 is 17.8 Å². The Morgan fingerprint density at radius 3 is 2.93 bits per heavy atom. The number of carbonyl (C=O) groups is 1. The number of rotatable bonds is 11. The molecular weight excluding hydrogens is 388 g/mol. The Kier molecular flexibility index (Phi) is 8.06. The molecule has 2 heterocycles. The van der Waals surface area contributed by atoms with Gasteiger partial charge in [0.15, 0.2) is 5.82 Å². The third-order valence-electron chi connectivity index (χ3n) is 4.84.